The molecule has 0 aliphatic heterocycles. The fourth-order valence-corrected chi connectivity index (χ4v) is 2.61. The van der Waals surface area contributed by atoms with Gasteiger partial charge in [0.05, 0.1) is 5.69 Å². The monoisotopic (exact) mass is 450 g/mol. The van der Waals surface area contributed by atoms with Gasteiger partial charge in [-0.25, -0.2) is 8.78 Å². The van der Waals surface area contributed by atoms with Crippen molar-refractivity contribution in [1.29, 1.82) is 0 Å². The van der Waals surface area contributed by atoms with Crippen LogP contribution in [-0.2, 0) is 27.3 Å². The highest BCUT2D eigenvalue weighted by molar-refractivity contribution is 5.21. The summed E-state index contributed by atoms with van der Waals surface area (Å²) in [7, 11) is 5.05. The molecule has 0 aromatic carbocycles. The Kier molecular flexibility index (Phi) is 10.1. The van der Waals surface area contributed by atoms with Crippen molar-refractivity contribution in [2.45, 2.75) is 54.6 Å². The molecule has 0 aliphatic rings. The number of hydrogen-bond acceptors (Lipinski definition) is 3. The molecule has 0 fully saturated rings. The first-order chi connectivity index (χ1) is 13.6. The van der Waals surface area contributed by atoms with Crippen LogP contribution in [-0.4, -0.2) is 29.3 Å². The van der Waals surface area contributed by atoms with Gasteiger partial charge in [-0.15, -0.1) is 0 Å². The number of rotatable bonds is 1. The lowest BCUT2D eigenvalue weighted by atomic mass is 10.2. The highest BCUT2D eigenvalue weighted by Gasteiger charge is 2.35. The zero-order valence-corrected chi connectivity index (χ0v) is 18.3. The Hall–Kier alpha value is -2.72. The highest BCUT2D eigenvalue weighted by atomic mass is 19.4. The van der Waals surface area contributed by atoms with Gasteiger partial charge in [0.25, 0.3) is 6.43 Å². The summed E-state index contributed by atoms with van der Waals surface area (Å²) in [5.74, 6) is 0. The number of alkyl halides is 5. The van der Waals surface area contributed by atoms with Gasteiger partial charge in [-0.05, 0) is 51.3 Å². The molecule has 31 heavy (non-hydrogen) atoms. The van der Waals surface area contributed by atoms with Crippen molar-refractivity contribution in [1.82, 2.24) is 29.3 Å². The lowest BCUT2D eigenvalue weighted by Crippen LogP contribution is -2.08. The first-order valence-corrected chi connectivity index (χ1v) is 8.97. The van der Waals surface area contributed by atoms with Gasteiger partial charge in [0.15, 0.2) is 5.69 Å². The van der Waals surface area contributed by atoms with E-state index < -0.39 is 18.3 Å². The summed E-state index contributed by atoms with van der Waals surface area (Å²) in [5.41, 5.74) is 3.46. The van der Waals surface area contributed by atoms with E-state index in [1.165, 1.54) is 36.1 Å². The first kappa shape index (κ1) is 28.3. The maximum Gasteiger partial charge on any atom is 0.435 e. The Morgan fingerprint density at radius 3 is 1.45 bits per heavy atom. The van der Waals surface area contributed by atoms with E-state index in [0.29, 0.717) is 5.56 Å². The SMILES string of the molecule is C.Cc1cn(C)nc1C(F)(F)F.Cc1cn(C)nc1C(F)F.Cc1nn(C)c(C)c1C. The molecule has 3 rings (SSSR count). The van der Waals surface area contributed by atoms with Crippen molar-refractivity contribution in [3.63, 3.8) is 0 Å². The van der Waals surface area contributed by atoms with Gasteiger partial charge >= 0.3 is 6.18 Å². The Bertz CT molecular complexity index is 943. The molecule has 3 heterocycles. The van der Waals surface area contributed by atoms with Crippen LogP contribution in [0.5, 0.6) is 0 Å². The molecular formula is C20H31F5N6. The molecule has 0 radical (unpaired) electrons. The molecule has 6 nitrogen and oxygen atoms in total. The van der Waals surface area contributed by atoms with E-state index >= 15 is 0 Å². The number of nitrogens with zero attached hydrogens (tertiary/aromatic N) is 6. The van der Waals surface area contributed by atoms with E-state index in [0.717, 1.165) is 10.4 Å². The van der Waals surface area contributed by atoms with Crippen LogP contribution in [0.2, 0.25) is 0 Å². The van der Waals surface area contributed by atoms with Gasteiger partial charge in [-0.2, -0.15) is 28.5 Å². The first-order valence-electron chi connectivity index (χ1n) is 8.97. The third-order valence-corrected chi connectivity index (χ3v) is 4.41. The zero-order valence-electron chi connectivity index (χ0n) is 18.3. The number of aromatic nitrogens is 6. The number of hydrogen-bond donors (Lipinski definition) is 0. The molecule has 0 unspecified atom stereocenters. The summed E-state index contributed by atoms with van der Waals surface area (Å²) in [6.07, 6.45) is -3.88. The van der Waals surface area contributed by atoms with E-state index in [1.807, 2.05) is 18.7 Å². The van der Waals surface area contributed by atoms with Gasteiger partial charge in [0.2, 0.25) is 0 Å². The summed E-state index contributed by atoms with van der Waals surface area (Å²) < 4.78 is 64.3. The predicted molar refractivity (Wildman–Crippen MR) is 110 cm³/mol. The standard InChI is InChI=1S/C7H12N2.C6H7F3N2.C6H8F2N2.CH4/c1-5-6(2)8-9(4)7(5)3;1-4-3-11(2)10-5(4)6(7,8)9;1-4-3-10(2)9-5(4)6(7)8;/h1-4H3;3H,1-2H3;3,6H,1-2H3;1H4. The summed E-state index contributed by atoms with van der Waals surface area (Å²) in [6.45, 7) is 9.21. The van der Waals surface area contributed by atoms with Gasteiger partial charge in [-0.3, -0.25) is 14.0 Å². The molecule has 0 spiro atoms. The van der Waals surface area contributed by atoms with Crippen LogP contribution in [0, 0.1) is 34.6 Å². The Morgan fingerprint density at radius 2 is 1.29 bits per heavy atom. The van der Waals surface area contributed by atoms with Gasteiger partial charge in [0.1, 0.15) is 5.69 Å². The van der Waals surface area contributed by atoms with Crippen LogP contribution < -0.4 is 0 Å². The molecule has 176 valence electrons. The van der Waals surface area contributed by atoms with Crippen LogP contribution in [0.1, 0.15) is 53.3 Å². The second-order valence-corrected chi connectivity index (χ2v) is 6.92. The maximum absolute atomic E-state index is 12.0. The minimum Gasteiger partial charge on any atom is -0.275 e. The van der Waals surface area contributed by atoms with E-state index in [1.54, 1.807) is 20.2 Å². The van der Waals surface area contributed by atoms with Crippen molar-refractivity contribution < 1.29 is 22.0 Å². The second-order valence-electron chi connectivity index (χ2n) is 6.92. The topological polar surface area (TPSA) is 53.5 Å². The number of aryl methyl sites for hydroxylation is 6. The molecule has 0 bridgehead atoms. The lowest BCUT2D eigenvalue weighted by molar-refractivity contribution is -0.141. The van der Waals surface area contributed by atoms with Crippen LogP contribution >= 0.6 is 0 Å². The molecule has 0 saturated carbocycles. The fraction of sp³-hybridized carbons (Fsp3) is 0.550. The van der Waals surface area contributed by atoms with Crippen molar-refractivity contribution in [3.8, 4) is 0 Å². The maximum atomic E-state index is 12.0. The van der Waals surface area contributed by atoms with E-state index in [4.69, 9.17) is 0 Å². The summed E-state index contributed by atoms with van der Waals surface area (Å²) in [6, 6.07) is 0. The van der Waals surface area contributed by atoms with Crippen LogP contribution in [0.15, 0.2) is 12.4 Å². The Balaban J connectivity index is 0.000000431. The highest BCUT2D eigenvalue weighted by Crippen LogP contribution is 2.29. The van der Waals surface area contributed by atoms with Crippen molar-refractivity contribution in [3.05, 3.63) is 51.9 Å². The quantitative estimate of drug-likeness (QED) is 0.467. The van der Waals surface area contributed by atoms with Crippen molar-refractivity contribution >= 4 is 0 Å². The van der Waals surface area contributed by atoms with Crippen LogP contribution in [0.25, 0.3) is 0 Å². The van der Waals surface area contributed by atoms with Gasteiger partial charge < -0.3 is 0 Å². The fourth-order valence-electron chi connectivity index (χ4n) is 2.61. The summed E-state index contributed by atoms with van der Waals surface area (Å²) >= 11 is 0. The third kappa shape index (κ3) is 7.80. The zero-order chi connectivity index (χ0) is 23.4. The summed E-state index contributed by atoms with van der Waals surface area (Å²) in [4.78, 5) is 0. The minimum atomic E-state index is -4.33. The van der Waals surface area contributed by atoms with Crippen LogP contribution in [0.3, 0.4) is 0 Å². The molecule has 3 aromatic rings. The van der Waals surface area contributed by atoms with Crippen LogP contribution in [0.4, 0.5) is 22.0 Å². The van der Waals surface area contributed by atoms with E-state index in [9.17, 15) is 22.0 Å². The molecule has 0 atom stereocenters. The average Bonchev–Trinajstić information content (AvgIpc) is 3.20. The molecule has 3 aromatic heterocycles. The van der Waals surface area contributed by atoms with Gasteiger partial charge in [0, 0.05) is 39.2 Å². The van der Waals surface area contributed by atoms with Gasteiger partial charge in [-0.1, -0.05) is 7.43 Å². The average molecular weight is 451 g/mol. The molecule has 0 aliphatic carbocycles. The third-order valence-electron chi connectivity index (χ3n) is 4.41. The molecule has 0 N–H and O–H groups in total. The largest absolute Gasteiger partial charge is 0.435 e. The second kappa shape index (κ2) is 11.1. The minimum absolute atomic E-state index is 0. The lowest BCUT2D eigenvalue weighted by Gasteiger charge is -2.01. The van der Waals surface area contributed by atoms with E-state index in [2.05, 4.69) is 29.1 Å². The molecular weight excluding hydrogens is 419 g/mol. The van der Waals surface area contributed by atoms with Crippen molar-refractivity contribution in [2.75, 3.05) is 0 Å². The number of halogens is 5. The Morgan fingerprint density at radius 1 is 0.806 bits per heavy atom. The molecule has 0 saturated heterocycles. The molecule has 11 heteroatoms. The molecule has 0 amide bonds. The Labute approximate surface area is 179 Å². The van der Waals surface area contributed by atoms with Crippen molar-refractivity contribution in [2.24, 2.45) is 21.1 Å². The smallest absolute Gasteiger partial charge is 0.275 e. The summed E-state index contributed by atoms with van der Waals surface area (Å²) in [5, 5.41) is 11.1. The normalized spacial score (nSPS) is 10.8. The van der Waals surface area contributed by atoms with E-state index in [-0.39, 0.29) is 18.7 Å². The predicted octanol–water partition coefficient (Wildman–Crippen LogP) is 5.39.